The second-order valence-corrected chi connectivity index (χ2v) is 6.89. The molecular weight excluding hydrogens is 286 g/mol. The Bertz CT molecular complexity index is 612. The number of hydrogen-bond donors (Lipinski definition) is 1. The van der Waals surface area contributed by atoms with E-state index in [0.29, 0.717) is 6.54 Å². The minimum Gasteiger partial charge on any atom is -0.329 e. The molecule has 0 aliphatic heterocycles. The first kappa shape index (κ1) is 14.0. The maximum Gasteiger partial charge on any atom is 0.0467 e. The van der Waals surface area contributed by atoms with Crippen LogP contribution in [0, 0.1) is 0 Å². The third kappa shape index (κ3) is 3.03. The molecule has 0 radical (unpaired) electrons. The van der Waals surface area contributed by atoms with Gasteiger partial charge in [0.1, 0.15) is 0 Å². The van der Waals surface area contributed by atoms with Crippen LogP contribution >= 0.6 is 23.4 Å². The van der Waals surface area contributed by atoms with Gasteiger partial charge in [-0.15, -0.1) is 11.8 Å². The summed E-state index contributed by atoms with van der Waals surface area (Å²) in [5.74, 6) is 0. The minimum absolute atomic E-state index is 0.258. The lowest BCUT2D eigenvalue weighted by atomic mass is 10.1. The molecule has 3 rings (SSSR count). The number of aryl methyl sites for hydroxylation is 2. The molecule has 0 heterocycles. The van der Waals surface area contributed by atoms with Crippen molar-refractivity contribution in [1.82, 2.24) is 0 Å². The van der Waals surface area contributed by atoms with E-state index in [1.165, 1.54) is 40.8 Å². The second kappa shape index (κ2) is 6.21. The summed E-state index contributed by atoms with van der Waals surface area (Å²) in [6.45, 7) is 0.613. The first-order valence-electron chi connectivity index (χ1n) is 7.00. The maximum atomic E-state index is 6.08. The number of fused-ring (bicyclic) bond motifs is 1. The van der Waals surface area contributed by atoms with E-state index in [4.69, 9.17) is 17.3 Å². The molecule has 104 valence electrons. The van der Waals surface area contributed by atoms with Gasteiger partial charge in [-0.05, 0) is 60.2 Å². The van der Waals surface area contributed by atoms with E-state index in [1.54, 1.807) is 0 Å². The van der Waals surface area contributed by atoms with Crippen LogP contribution in [0.25, 0.3) is 0 Å². The third-order valence-electron chi connectivity index (χ3n) is 3.78. The summed E-state index contributed by atoms with van der Waals surface area (Å²) in [5.41, 5.74) is 10.2. The molecule has 0 saturated heterocycles. The molecule has 3 heteroatoms. The number of hydrogen-bond acceptors (Lipinski definition) is 2. The van der Waals surface area contributed by atoms with E-state index < -0.39 is 0 Å². The second-order valence-electron chi connectivity index (χ2n) is 5.18. The van der Waals surface area contributed by atoms with Crippen molar-refractivity contribution in [2.45, 2.75) is 29.4 Å². The summed E-state index contributed by atoms with van der Waals surface area (Å²) in [6, 6.07) is 14.8. The van der Waals surface area contributed by atoms with E-state index >= 15 is 0 Å². The molecule has 0 fully saturated rings. The zero-order valence-electron chi connectivity index (χ0n) is 11.3. The summed E-state index contributed by atoms with van der Waals surface area (Å²) >= 11 is 7.91. The van der Waals surface area contributed by atoms with E-state index in [1.807, 2.05) is 30.0 Å². The Kier molecular flexibility index (Phi) is 4.35. The fourth-order valence-electron chi connectivity index (χ4n) is 2.74. The average Bonchev–Trinajstić information content (AvgIpc) is 2.92. The smallest absolute Gasteiger partial charge is 0.0467 e. The van der Waals surface area contributed by atoms with Crippen LogP contribution in [0.3, 0.4) is 0 Å². The summed E-state index contributed by atoms with van der Waals surface area (Å²) in [5, 5.41) is 1.03. The Labute approximate surface area is 129 Å². The van der Waals surface area contributed by atoms with Gasteiger partial charge in [-0.1, -0.05) is 29.8 Å². The molecule has 2 aromatic rings. The molecule has 1 aliphatic rings. The Morgan fingerprint density at radius 3 is 2.75 bits per heavy atom. The Morgan fingerprint density at radius 2 is 1.95 bits per heavy atom. The van der Waals surface area contributed by atoms with Gasteiger partial charge in [-0.2, -0.15) is 0 Å². The van der Waals surface area contributed by atoms with Gasteiger partial charge in [0.25, 0.3) is 0 Å². The highest BCUT2D eigenvalue weighted by atomic mass is 35.5. The molecule has 2 N–H and O–H groups in total. The Balaban J connectivity index is 1.81. The third-order valence-corrected chi connectivity index (χ3v) is 5.29. The lowest BCUT2D eigenvalue weighted by Crippen LogP contribution is -2.09. The quantitative estimate of drug-likeness (QED) is 0.834. The fourth-order valence-corrected chi connectivity index (χ4v) is 4.01. The van der Waals surface area contributed by atoms with E-state index in [9.17, 15) is 0 Å². The highest BCUT2D eigenvalue weighted by Gasteiger charge is 2.15. The van der Waals surface area contributed by atoms with Gasteiger partial charge in [0.15, 0.2) is 0 Å². The molecule has 0 saturated carbocycles. The average molecular weight is 304 g/mol. The number of halogens is 1. The van der Waals surface area contributed by atoms with Crippen molar-refractivity contribution >= 4 is 23.4 Å². The summed E-state index contributed by atoms with van der Waals surface area (Å²) in [7, 11) is 0. The van der Waals surface area contributed by atoms with Crippen LogP contribution in [0.15, 0.2) is 47.4 Å². The number of rotatable bonds is 4. The highest BCUT2D eigenvalue weighted by molar-refractivity contribution is 7.99. The molecule has 1 nitrogen and oxygen atoms in total. The van der Waals surface area contributed by atoms with Crippen molar-refractivity contribution in [3.05, 3.63) is 64.2 Å². The fraction of sp³-hybridized carbons (Fsp3) is 0.294. The van der Waals surface area contributed by atoms with Crippen molar-refractivity contribution in [1.29, 1.82) is 0 Å². The van der Waals surface area contributed by atoms with Crippen LogP contribution in [-0.2, 0) is 12.8 Å². The zero-order chi connectivity index (χ0) is 13.9. The highest BCUT2D eigenvalue weighted by Crippen LogP contribution is 2.37. The van der Waals surface area contributed by atoms with E-state index in [2.05, 4.69) is 24.3 Å². The predicted molar refractivity (Wildman–Crippen MR) is 87.6 cm³/mol. The molecule has 2 aromatic carbocycles. The van der Waals surface area contributed by atoms with Crippen LogP contribution < -0.4 is 5.73 Å². The van der Waals surface area contributed by atoms with Gasteiger partial charge in [0.05, 0.1) is 0 Å². The van der Waals surface area contributed by atoms with Gasteiger partial charge in [0.2, 0.25) is 0 Å². The molecule has 1 aliphatic carbocycles. The van der Waals surface area contributed by atoms with Crippen LogP contribution in [0.4, 0.5) is 0 Å². The van der Waals surface area contributed by atoms with Crippen molar-refractivity contribution in [2.75, 3.05) is 6.54 Å². The van der Waals surface area contributed by atoms with Crippen LogP contribution in [0.2, 0.25) is 5.02 Å². The van der Waals surface area contributed by atoms with Crippen LogP contribution in [0.1, 0.15) is 28.4 Å². The molecule has 0 aromatic heterocycles. The maximum absolute atomic E-state index is 6.08. The van der Waals surface area contributed by atoms with Gasteiger partial charge < -0.3 is 5.73 Å². The summed E-state index contributed by atoms with van der Waals surface area (Å²) < 4.78 is 0. The molecular formula is C17H18ClNS. The van der Waals surface area contributed by atoms with Gasteiger partial charge in [0, 0.05) is 21.7 Å². The van der Waals surface area contributed by atoms with Crippen molar-refractivity contribution < 1.29 is 0 Å². The predicted octanol–water partition coefficient (Wildman–Crippen LogP) is 4.62. The SMILES string of the molecule is NCC(Sc1ccc2c(c1)CCC2)c1cccc(Cl)c1. The summed E-state index contributed by atoms with van der Waals surface area (Å²) in [6.07, 6.45) is 3.74. The topological polar surface area (TPSA) is 26.0 Å². The van der Waals surface area contributed by atoms with Gasteiger partial charge in [-0.3, -0.25) is 0 Å². The Hall–Kier alpha value is -0.960. The first-order chi connectivity index (χ1) is 9.76. The minimum atomic E-state index is 0.258. The molecule has 0 spiro atoms. The van der Waals surface area contributed by atoms with E-state index in [0.717, 1.165) is 5.02 Å². The van der Waals surface area contributed by atoms with Crippen molar-refractivity contribution in [2.24, 2.45) is 5.73 Å². The zero-order valence-corrected chi connectivity index (χ0v) is 12.9. The molecule has 0 bridgehead atoms. The lowest BCUT2D eigenvalue weighted by Gasteiger charge is -2.16. The largest absolute Gasteiger partial charge is 0.329 e. The standard InChI is InChI=1S/C17H18ClNS/c18-15-6-2-5-14(9-15)17(11-19)20-16-8-7-12-3-1-4-13(12)10-16/h2,5-10,17H,1,3-4,11,19H2. The monoisotopic (exact) mass is 303 g/mol. The normalized spacial score (nSPS) is 15.1. The Morgan fingerprint density at radius 1 is 1.10 bits per heavy atom. The van der Waals surface area contributed by atoms with Crippen LogP contribution in [-0.4, -0.2) is 6.54 Å². The van der Waals surface area contributed by atoms with E-state index in [-0.39, 0.29) is 5.25 Å². The van der Waals surface area contributed by atoms with Crippen molar-refractivity contribution in [3.8, 4) is 0 Å². The first-order valence-corrected chi connectivity index (χ1v) is 8.26. The van der Waals surface area contributed by atoms with Gasteiger partial charge >= 0.3 is 0 Å². The summed E-state index contributed by atoms with van der Waals surface area (Å²) in [4.78, 5) is 1.31. The molecule has 0 amide bonds. The molecule has 1 unspecified atom stereocenters. The van der Waals surface area contributed by atoms with Crippen molar-refractivity contribution in [3.63, 3.8) is 0 Å². The number of nitrogens with two attached hydrogens (primary N) is 1. The van der Waals surface area contributed by atoms with Crippen LogP contribution in [0.5, 0.6) is 0 Å². The number of benzene rings is 2. The van der Waals surface area contributed by atoms with Gasteiger partial charge in [-0.25, -0.2) is 0 Å². The number of thioether (sulfide) groups is 1. The lowest BCUT2D eigenvalue weighted by molar-refractivity contribution is 0.911. The molecule has 1 atom stereocenters. The molecule has 20 heavy (non-hydrogen) atoms.